The molecule has 34 heavy (non-hydrogen) atoms. The van der Waals surface area contributed by atoms with Crippen molar-refractivity contribution in [2.24, 2.45) is 5.92 Å². The minimum atomic E-state index is -1.04. The lowest BCUT2D eigenvalue weighted by Gasteiger charge is -2.38. The second-order valence-electron chi connectivity index (χ2n) is 8.22. The van der Waals surface area contributed by atoms with E-state index in [0.29, 0.717) is 23.9 Å². The van der Waals surface area contributed by atoms with Crippen LogP contribution >= 0.6 is 11.6 Å². The Kier molecular flexibility index (Phi) is 6.07. The van der Waals surface area contributed by atoms with Gasteiger partial charge < -0.3 is 9.30 Å². The summed E-state index contributed by atoms with van der Waals surface area (Å²) in [7, 11) is 0. The molecule has 4 aromatic rings. The zero-order chi connectivity index (χ0) is 23.7. The van der Waals surface area contributed by atoms with Crippen LogP contribution in [-0.2, 0) is 20.7 Å². The van der Waals surface area contributed by atoms with Crippen LogP contribution in [0.25, 0.3) is 11.0 Å². The van der Waals surface area contributed by atoms with Gasteiger partial charge in [-0.25, -0.2) is 4.98 Å². The fourth-order valence-corrected chi connectivity index (χ4v) is 4.73. The number of carbonyl (C=O) groups excluding carboxylic acids is 2. The van der Waals surface area contributed by atoms with Gasteiger partial charge in [-0.15, -0.1) is 0 Å². The van der Waals surface area contributed by atoms with Crippen LogP contribution in [-0.4, -0.2) is 34.6 Å². The van der Waals surface area contributed by atoms with Crippen LogP contribution in [0.4, 0.5) is 5.95 Å². The molecule has 5 rings (SSSR count). The monoisotopic (exact) mass is 473 g/mol. The Morgan fingerprint density at radius 2 is 1.71 bits per heavy atom. The number of carbonyl (C=O) groups is 2. The molecule has 0 saturated heterocycles. The number of anilines is 1. The van der Waals surface area contributed by atoms with Crippen molar-refractivity contribution in [1.29, 1.82) is 0 Å². The molecular weight excluding hydrogens is 450 g/mol. The number of halogens is 1. The molecule has 2 atom stereocenters. The summed E-state index contributed by atoms with van der Waals surface area (Å²) in [6.07, 6.45) is 0.636. The molecule has 0 saturated carbocycles. The first-order chi connectivity index (χ1) is 16.6. The summed E-state index contributed by atoms with van der Waals surface area (Å²) in [6.45, 7) is 2.33. The number of hydrogen-bond donors (Lipinski definition) is 0. The standard InChI is InChI=1S/C27H24ClN3O3/c1-2-34-26(33)23-24(19-12-14-20(28)15-13-19)31-22-11-7-6-10-21(22)29-27(31)30(25(23)32)17-16-18-8-4-3-5-9-18/h3-15,23-24H,2,16-17H2,1H3/t23-,24-/m0/s1. The molecule has 6 nitrogen and oxygen atoms in total. The van der Waals surface area contributed by atoms with Gasteiger partial charge in [0, 0.05) is 11.6 Å². The van der Waals surface area contributed by atoms with E-state index in [0.717, 1.165) is 22.2 Å². The van der Waals surface area contributed by atoms with Gasteiger partial charge in [-0.05, 0) is 48.7 Å². The number of nitrogens with zero attached hydrogens (tertiary/aromatic N) is 3. The molecule has 0 fully saturated rings. The first-order valence-electron chi connectivity index (χ1n) is 11.3. The Hall–Kier alpha value is -3.64. The van der Waals surface area contributed by atoms with E-state index in [1.54, 1.807) is 24.0 Å². The van der Waals surface area contributed by atoms with Gasteiger partial charge in [-0.3, -0.25) is 14.5 Å². The van der Waals surface area contributed by atoms with Crippen LogP contribution in [0.15, 0.2) is 78.9 Å². The van der Waals surface area contributed by atoms with E-state index in [4.69, 9.17) is 21.3 Å². The number of ether oxygens (including phenoxy) is 1. The summed E-state index contributed by atoms with van der Waals surface area (Å²) in [5.41, 5.74) is 3.51. The van der Waals surface area contributed by atoms with Crippen LogP contribution < -0.4 is 4.90 Å². The fraction of sp³-hybridized carbons (Fsp3) is 0.222. The molecule has 1 aromatic heterocycles. The summed E-state index contributed by atoms with van der Waals surface area (Å²) in [5, 5.41) is 0.582. The lowest BCUT2D eigenvalue weighted by molar-refractivity contribution is -0.153. The number of aromatic nitrogens is 2. The smallest absolute Gasteiger partial charge is 0.321 e. The quantitative estimate of drug-likeness (QED) is 0.290. The molecule has 7 heteroatoms. The number of benzene rings is 3. The SMILES string of the molecule is CCOC(=O)[C@@H]1C(=O)N(CCc2ccccc2)c2nc3ccccc3n2[C@H]1c1ccc(Cl)cc1. The van der Waals surface area contributed by atoms with Crippen molar-refractivity contribution in [2.75, 3.05) is 18.1 Å². The zero-order valence-corrected chi connectivity index (χ0v) is 19.5. The molecule has 0 radical (unpaired) electrons. The van der Waals surface area contributed by atoms with Gasteiger partial charge in [0.15, 0.2) is 5.92 Å². The highest BCUT2D eigenvalue weighted by atomic mass is 35.5. The Morgan fingerprint density at radius 1 is 1.00 bits per heavy atom. The summed E-state index contributed by atoms with van der Waals surface area (Å²) >= 11 is 6.14. The van der Waals surface area contributed by atoms with E-state index in [1.807, 2.05) is 71.3 Å². The third-order valence-corrected chi connectivity index (χ3v) is 6.42. The lowest BCUT2D eigenvalue weighted by atomic mass is 9.89. The maximum atomic E-state index is 13.9. The van der Waals surface area contributed by atoms with Crippen molar-refractivity contribution < 1.29 is 14.3 Å². The lowest BCUT2D eigenvalue weighted by Crippen LogP contribution is -2.50. The van der Waals surface area contributed by atoms with E-state index >= 15 is 0 Å². The predicted octanol–water partition coefficient (Wildman–Crippen LogP) is 5.05. The normalized spacial score (nSPS) is 17.6. The Labute approximate surface area is 202 Å². The molecule has 0 N–H and O–H groups in total. The first kappa shape index (κ1) is 22.2. The van der Waals surface area contributed by atoms with E-state index in [1.165, 1.54) is 0 Å². The second kappa shape index (κ2) is 9.31. The fourth-order valence-electron chi connectivity index (χ4n) is 4.61. The van der Waals surface area contributed by atoms with Crippen molar-refractivity contribution >= 4 is 40.5 Å². The Balaban J connectivity index is 1.68. The molecule has 1 amide bonds. The van der Waals surface area contributed by atoms with E-state index in [-0.39, 0.29) is 12.5 Å². The van der Waals surface area contributed by atoms with Gasteiger partial charge >= 0.3 is 5.97 Å². The van der Waals surface area contributed by atoms with Gasteiger partial charge in [0.25, 0.3) is 0 Å². The van der Waals surface area contributed by atoms with Crippen LogP contribution in [0.3, 0.4) is 0 Å². The summed E-state index contributed by atoms with van der Waals surface area (Å²) in [4.78, 5) is 33.6. The van der Waals surface area contributed by atoms with Crippen molar-refractivity contribution in [2.45, 2.75) is 19.4 Å². The molecule has 2 heterocycles. The van der Waals surface area contributed by atoms with Crippen LogP contribution in [0.1, 0.15) is 24.1 Å². The highest BCUT2D eigenvalue weighted by molar-refractivity contribution is 6.30. The highest BCUT2D eigenvalue weighted by Gasteiger charge is 2.47. The van der Waals surface area contributed by atoms with Crippen molar-refractivity contribution in [1.82, 2.24) is 9.55 Å². The van der Waals surface area contributed by atoms with Gasteiger partial charge in [0.2, 0.25) is 11.9 Å². The molecule has 0 unspecified atom stereocenters. The molecule has 0 aliphatic carbocycles. The maximum absolute atomic E-state index is 13.9. The number of esters is 1. The van der Waals surface area contributed by atoms with E-state index < -0.39 is 17.9 Å². The Bertz CT molecular complexity index is 1330. The maximum Gasteiger partial charge on any atom is 0.321 e. The average Bonchev–Trinajstić information content (AvgIpc) is 3.23. The molecule has 0 bridgehead atoms. The molecule has 0 spiro atoms. The van der Waals surface area contributed by atoms with E-state index in [2.05, 4.69) is 0 Å². The molecule has 1 aliphatic heterocycles. The summed E-state index contributed by atoms with van der Waals surface area (Å²) in [6, 6.07) is 24.3. The largest absolute Gasteiger partial charge is 0.465 e. The minimum Gasteiger partial charge on any atom is -0.465 e. The average molecular weight is 474 g/mol. The van der Waals surface area contributed by atoms with Crippen LogP contribution in [0.5, 0.6) is 0 Å². The molecule has 1 aliphatic rings. The van der Waals surface area contributed by atoms with Crippen LogP contribution in [0, 0.1) is 5.92 Å². The van der Waals surface area contributed by atoms with Crippen molar-refractivity contribution in [3.63, 3.8) is 0 Å². The topological polar surface area (TPSA) is 64.4 Å². The molecular formula is C27H24ClN3O3. The first-order valence-corrected chi connectivity index (χ1v) is 11.7. The predicted molar refractivity (Wildman–Crippen MR) is 132 cm³/mol. The number of para-hydroxylation sites is 2. The molecule has 3 aromatic carbocycles. The summed E-state index contributed by atoms with van der Waals surface area (Å²) in [5.74, 6) is -1.36. The minimum absolute atomic E-state index is 0.192. The number of fused-ring (bicyclic) bond motifs is 3. The van der Waals surface area contributed by atoms with E-state index in [9.17, 15) is 9.59 Å². The molecule has 172 valence electrons. The van der Waals surface area contributed by atoms with Gasteiger partial charge in [-0.2, -0.15) is 0 Å². The van der Waals surface area contributed by atoms with Crippen LogP contribution in [0.2, 0.25) is 5.02 Å². The third-order valence-electron chi connectivity index (χ3n) is 6.16. The van der Waals surface area contributed by atoms with Gasteiger partial charge in [-0.1, -0.05) is 66.2 Å². The van der Waals surface area contributed by atoms with Gasteiger partial charge in [0.05, 0.1) is 23.7 Å². The number of imidazole rings is 1. The number of rotatable bonds is 6. The van der Waals surface area contributed by atoms with Crippen molar-refractivity contribution in [3.8, 4) is 0 Å². The zero-order valence-electron chi connectivity index (χ0n) is 18.7. The number of hydrogen-bond acceptors (Lipinski definition) is 4. The number of amides is 1. The highest BCUT2D eigenvalue weighted by Crippen LogP contribution is 2.41. The third kappa shape index (κ3) is 3.94. The van der Waals surface area contributed by atoms with Crippen molar-refractivity contribution in [3.05, 3.63) is 95.0 Å². The second-order valence-corrected chi connectivity index (χ2v) is 8.66. The van der Waals surface area contributed by atoms with Gasteiger partial charge in [0.1, 0.15) is 0 Å². The summed E-state index contributed by atoms with van der Waals surface area (Å²) < 4.78 is 7.39. The Morgan fingerprint density at radius 3 is 2.44 bits per heavy atom.